The van der Waals surface area contributed by atoms with Gasteiger partial charge in [0.2, 0.25) is 5.91 Å². The number of hydrogen-bond donors (Lipinski definition) is 1. The van der Waals surface area contributed by atoms with Crippen molar-refractivity contribution in [2.75, 3.05) is 5.32 Å². The number of anilines is 1. The van der Waals surface area contributed by atoms with Crippen molar-refractivity contribution in [1.29, 1.82) is 0 Å². The van der Waals surface area contributed by atoms with Crippen molar-refractivity contribution in [2.24, 2.45) is 0 Å². The van der Waals surface area contributed by atoms with Crippen molar-refractivity contribution in [1.82, 2.24) is 19.6 Å². The smallest absolute Gasteiger partial charge is 0.306 e. The summed E-state index contributed by atoms with van der Waals surface area (Å²) >= 11 is 15.0. The summed E-state index contributed by atoms with van der Waals surface area (Å²) < 4.78 is 55.7. The number of carbonyl (C=O) groups excluding carboxylic acids is 1. The lowest BCUT2D eigenvalue weighted by atomic mass is 10.2. The van der Waals surface area contributed by atoms with Gasteiger partial charge in [-0.2, -0.15) is 23.4 Å². The lowest BCUT2D eigenvalue weighted by Gasteiger charge is -2.13. The molecule has 0 spiro atoms. The van der Waals surface area contributed by atoms with E-state index in [1.54, 1.807) is 0 Å². The van der Waals surface area contributed by atoms with Gasteiger partial charge in [-0.1, -0.05) is 29.3 Å². The van der Waals surface area contributed by atoms with E-state index < -0.39 is 34.7 Å². The summed E-state index contributed by atoms with van der Waals surface area (Å²) in [5, 5.41) is 9.77. The molecule has 3 rings (SSSR count). The van der Waals surface area contributed by atoms with Crippen LogP contribution in [0.25, 0.3) is 0 Å². The molecule has 0 radical (unpaired) electrons. The molecule has 13 heteroatoms. The van der Waals surface area contributed by atoms with Crippen molar-refractivity contribution in [3.8, 4) is 0 Å². The molecule has 0 fully saturated rings. The number of aromatic nitrogens is 4. The lowest BCUT2D eigenvalue weighted by Crippen LogP contribution is -2.26. The normalized spacial score (nSPS) is 12.8. The Morgan fingerprint density at radius 2 is 1.97 bits per heavy atom. The predicted octanol–water partition coefficient (Wildman–Crippen LogP) is 5.86. The molecule has 0 saturated carbocycles. The van der Waals surface area contributed by atoms with E-state index in [0.29, 0.717) is 4.47 Å². The van der Waals surface area contributed by atoms with E-state index in [9.17, 15) is 22.4 Å². The molecule has 0 bridgehead atoms. The quantitative estimate of drug-likeness (QED) is 0.410. The first-order valence-corrected chi connectivity index (χ1v) is 10.2. The number of benzene rings is 1. The van der Waals surface area contributed by atoms with E-state index in [1.807, 2.05) is 0 Å². The van der Waals surface area contributed by atoms with Crippen molar-refractivity contribution >= 4 is 50.9 Å². The number of nitrogens with zero attached hydrogens (tertiary/aromatic N) is 4. The maximum atomic E-state index is 14.0. The number of hydrogen-bond acceptors (Lipinski definition) is 3. The summed E-state index contributed by atoms with van der Waals surface area (Å²) in [7, 11) is 0. The van der Waals surface area contributed by atoms with Gasteiger partial charge < -0.3 is 5.32 Å². The third-order valence-corrected chi connectivity index (χ3v) is 5.82. The summed E-state index contributed by atoms with van der Waals surface area (Å²) in [5.41, 5.74) is -1.05. The molecule has 1 aromatic carbocycles. The van der Waals surface area contributed by atoms with Crippen molar-refractivity contribution in [2.45, 2.75) is 32.6 Å². The molecule has 1 amide bonds. The Hall–Kier alpha value is -2.11. The number of nitrogens with one attached hydrogen (secondary N) is 1. The van der Waals surface area contributed by atoms with Gasteiger partial charge in [-0.05, 0) is 41.9 Å². The van der Waals surface area contributed by atoms with Crippen molar-refractivity contribution < 1.29 is 22.4 Å². The maximum Gasteiger partial charge on any atom is 0.436 e. The van der Waals surface area contributed by atoms with Gasteiger partial charge >= 0.3 is 6.18 Å². The summed E-state index contributed by atoms with van der Waals surface area (Å²) in [4.78, 5) is 12.6. The van der Waals surface area contributed by atoms with Crippen LogP contribution in [0.2, 0.25) is 10.0 Å². The lowest BCUT2D eigenvalue weighted by molar-refractivity contribution is -0.141. The van der Waals surface area contributed by atoms with Crippen LogP contribution in [0.5, 0.6) is 0 Å². The minimum atomic E-state index is -4.75. The van der Waals surface area contributed by atoms with Gasteiger partial charge in [-0.3, -0.25) is 14.2 Å². The molecule has 1 atom stereocenters. The molecular formula is C18H14BrCl2F4N5O. The van der Waals surface area contributed by atoms with Crippen molar-refractivity contribution in [3.63, 3.8) is 0 Å². The fourth-order valence-corrected chi connectivity index (χ4v) is 3.67. The van der Waals surface area contributed by atoms with E-state index in [-0.39, 0.29) is 28.6 Å². The molecular weight excluding hydrogens is 529 g/mol. The number of amides is 1. The first kappa shape index (κ1) is 23.6. The molecule has 1 unspecified atom stereocenters. The second-order valence-corrected chi connectivity index (χ2v) is 8.22. The van der Waals surface area contributed by atoms with E-state index in [1.165, 1.54) is 42.9 Å². The standard InChI is InChI=1S/C18H14BrCl2F4N5O/c1-8-14(21)15(18(23,24)25)27-30(8)9(2)17(31)26-16-11(19)7-29(28-16)6-10-12(20)4-3-5-13(10)22/h3-5,7,9H,6H2,1-2H3,(H,26,28,31). The Morgan fingerprint density at radius 3 is 2.55 bits per heavy atom. The second-order valence-electron chi connectivity index (χ2n) is 6.58. The fraction of sp³-hybridized carbons (Fsp3) is 0.278. The first-order valence-electron chi connectivity index (χ1n) is 8.68. The van der Waals surface area contributed by atoms with Gasteiger partial charge in [0.15, 0.2) is 11.5 Å². The monoisotopic (exact) mass is 541 g/mol. The van der Waals surface area contributed by atoms with Crippen LogP contribution in [-0.2, 0) is 17.5 Å². The minimum absolute atomic E-state index is 0.00164. The highest BCUT2D eigenvalue weighted by Gasteiger charge is 2.39. The second kappa shape index (κ2) is 8.79. The molecule has 166 valence electrons. The van der Waals surface area contributed by atoms with Crippen LogP contribution in [0.3, 0.4) is 0 Å². The summed E-state index contributed by atoms with van der Waals surface area (Å²) in [6.07, 6.45) is -3.25. The van der Waals surface area contributed by atoms with Crippen LogP contribution in [0.4, 0.5) is 23.4 Å². The molecule has 2 heterocycles. The minimum Gasteiger partial charge on any atom is -0.306 e. The summed E-state index contributed by atoms with van der Waals surface area (Å²) in [5.74, 6) is -1.09. The Morgan fingerprint density at radius 1 is 1.29 bits per heavy atom. The van der Waals surface area contributed by atoms with Gasteiger partial charge in [0.1, 0.15) is 11.9 Å². The highest BCUT2D eigenvalue weighted by molar-refractivity contribution is 9.10. The molecule has 31 heavy (non-hydrogen) atoms. The molecule has 0 aliphatic carbocycles. The molecule has 0 aliphatic heterocycles. The average molecular weight is 543 g/mol. The fourth-order valence-electron chi connectivity index (χ4n) is 2.80. The molecule has 0 saturated heterocycles. The SMILES string of the molecule is Cc1c(Cl)c(C(F)(F)F)nn1C(C)C(=O)Nc1nn(Cc2c(F)cccc2Cl)cc1Br. The summed E-state index contributed by atoms with van der Waals surface area (Å²) in [6, 6.07) is 3.15. The van der Waals surface area contributed by atoms with Gasteiger partial charge in [-0.15, -0.1) is 0 Å². The van der Waals surface area contributed by atoms with Gasteiger partial charge in [0.25, 0.3) is 0 Å². The Kier molecular flexibility index (Phi) is 6.68. The van der Waals surface area contributed by atoms with Crippen LogP contribution in [-0.4, -0.2) is 25.5 Å². The number of halogens is 7. The summed E-state index contributed by atoms with van der Waals surface area (Å²) in [6.45, 7) is 2.70. The molecule has 2 aromatic heterocycles. The first-order chi connectivity index (χ1) is 14.4. The van der Waals surface area contributed by atoms with E-state index in [0.717, 1.165) is 4.68 Å². The third-order valence-electron chi connectivity index (χ3n) is 4.43. The van der Waals surface area contributed by atoms with Crippen LogP contribution >= 0.6 is 39.1 Å². The number of alkyl halides is 3. The molecule has 3 aromatic rings. The van der Waals surface area contributed by atoms with E-state index in [2.05, 4.69) is 31.4 Å². The maximum absolute atomic E-state index is 14.0. The van der Waals surface area contributed by atoms with E-state index >= 15 is 0 Å². The topological polar surface area (TPSA) is 64.7 Å². The highest BCUT2D eigenvalue weighted by atomic mass is 79.9. The van der Waals surface area contributed by atoms with Gasteiger partial charge in [0.05, 0.1) is 21.7 Å². The van der Waals surface area contributed by atoms with Gasteiger partial charge in [0, 0.05) is 16.8 Å². The largest absolute Gasteiger partial charge is 0.436 e. The zero-order valence-corrected chi connectivity index (χ0v) is 19.0. The Labute approximate surface area is 192 Å². The third kappa shape index (κ3) is 4.88. The zero-order valence-electron chi connectivity index (χ0n) is 15.9. The van der Waals surface area contributed by atoms with E-state index in [4.69, 9.17) is 23.2 Å². The van der Waals surface area contributed by atoms with Crippen LogP contribution < -0.4 is 5.32 Å². The number of carbonyl (C=O) groups is 1. The molecule has 0 aliphatic rings. The molecule has 1 N–H and O–H groups in total. The zero-order chi connectivity index (χ0) is 23.1. The Bertz CT molecular complexity index is 1120. The number of rotatable bonds is 5. The van der Waals surface area contributed by atoms with Gasteiger partial charge in [-0.25, -0.2) is 4.39 Å². The highest BCUT2D eigenvalue weighted by Crippen LogP contribution is 2.36. The average Bonchev–Trinajstić information content (AvgIpc) is 3.17. The predicted molar refractivity (Wildman–Crippen MR) is 111 cm³/mol. The van der Waals surface area contributed by atoms with Crippen LogP contribution in [0, 0.1) is 12.7 Å². The van der Waals surface area contributed by atoms with Crippen LogP contribution in [0.1, 0.15) is 29.9 Å². The molecule has 6 nitrogen and oxygen atoms in total. The Balaban J connectivity index is 1.80. The van der Waals surface area contributed by atoms with Crippen LogP contribution in [0.15, 0.2) is 28.9 Å². The van der Waals surface area contributed by atoms with Crippen molar-refractivity contribution in [3.05, 3.63) is 61.7 Å².